The highest BCUT2D eigenvalue weighted by molar-refractivity contribution is 5.85. The lowest BCUT2D eigenvalue weighted by Gasteiger charge is -2.15. The Balaban J connectivity index is 0.000000260. The van der Waals surface area contributed by atoms with Crippen molar-refractivity contribution in [1.82, 2.24) is 9.78 Å². The summed E-state index contributed by atoms with van der Waals surface area (Å²) in [5.74, 6) is 2.18. The zero-order valence-corrected chi connectivity index (χ0v) is 22.6. The van der Waals surface area contributed by atoms with Gasteiger partial charge in [-0.15, -0.1) is 0 Å². The fraction of sp³-hybridized carbons (Fsp3) is 0.667. The van der Waals surface area contributed by atoms with Gasteiger partial charge in [0.1, 0.15) is 5.78 Å². The van der Waals surface area contributed by atoms with E-state index in [1.807, 2.05) is 38.6 Å². The summed E-state index contributed by atoms with van der Waals surface area (Å²) in [5.41, 5.74) is 5.94. The first-order valence-electron chi connectivity index (χ1n) is 13.9. The van der Waals surface area contributed by atoms with Crippen molar-refractivity contribution in [3.05, 3.63) is 46.8 Å². The van der Waals surface area contributed by atoms with E-state index in [0.29, 0.717) is 23.5 Å². The monoisotopic (exact) mass is 468 g/mol. The van der Waals surface area contributed by atoms with Crippen molar-refractivity contribution < 1.29 is 9.90 Å². The smallest absolute Gasteiger partial charge is 0.139 e. The van der Waals surface area contributed by atoms with Gasteiger partial charge < -0.3 is 5.11 Å². The van der Waals surface area contributed by atoms with Gasteiger partial charge in [-0.25, -0.2) is 4.68 Å². The van der Waals surface area contributed by atoms with Crippen LogP contribution < -0.4 is 0 Å². The first-order valence-corrected chi connectivity index (χ1v) is 13.9. The number of Topliss-reactive ketones (excluding diaryl/α,β-unsaturated/α-hetero) is 1. The van der Waals surface area contributed by atoms with E-state index in [9.17, 15) is 9.90 Å². The second-order valence-corrected chi connectivity index (χ2v) is 9.38. The number of para-hydroxylation sites is 1. The maximum Gasteiger partial charge on any atom is 0.139 e. The van der Waals surface area contributed by atoms with Gasteiger partial charge in [-0.2, -0.15) is 5.10 Å². The van der Waals surface area contributed by atoms with Crippen molar-refractivity contribution in [2.75, 3.05) is 0 Å². The van der Waals surface area contributed by atoms with E-state index >= 15 is 0 Å². The number of hydrogen-bond donors (Lipinski definition) is 1. The molecule has 2 atom stereocenters. The third-order valence-corrected chi connectivity index (χ3v) is 7.17. The van der Waals surface area contributed by atoms with Crippen molar-refractivity contribution in [2.45, 2.75) is 118 Å². The van der Waals surface area contributed by atoms with Crippen LogP contribution in [0.3, 0.4) is 0 Å². The number of carbonyl (C=O) groups is 1. The number of nitrogens with zero attached hydrogens (tertiary/aromatic N) is 2. The van der Waals surface area contributed by atoms with Crippen LogP contribution in [0.2, 0.25) is 0 Å². The van der Waals surface area contributed by atoms with Gasteiger partial charge in [-0.1, -0.05) is 65.7 Å². The molecule has 0 radical (unpaired) electrons. The normalized spacial score (nSPS) is 20.4. The van der Waals surface area contributed by atoms with Gasteiger partial charge in [0.25, 0.3) is 0 Å². The zero-order valence-electron chi connectivity index (χ0n) is 22.6. The van der Waals surface area contributed by atoms with E-state index < -0.39 is 0 Å². The minimum Gasteiger partial charge on any atom is -0.390 e. The Bertz CT molecular complexity index is 864. The number of aliphatic hydroxyl groups is 1. The molecule has 4 nitrogen and oxygen atoms in total. The molecule has 3 fully saturated rings. The molecule has 3 saturated carbocycles. The van der Waals surface area contributed by atoms with Crippen LogP contribution in [0.5, 0.6) is 0 Å². The summed E-state index contributed by atoms with van der Waals surface area (Å²) in [6, 6.07) is 6.44. The van der Waals surface area contributed by atoms with Gasteiger partial charge in [-0.3, -0.25) is 4.79 Å². The Labute approximate surface area is 208 Å². The maximum atomic E-state index is 11.2. The lowest BCUT2D eigenvalue weighted by Crippen LogP contribution is -2.18. The van der Waals surface area contributed by atoms with Crippen LogP contribution in [-0.4, -0.2) is 20.7 Å². The molecule has 1 heterocycles. The third kappa shape index (κ3) is 6.81. The van der Waals surface area contributed by atoms with Crippen LogP contribution in [0.1, 0.15) is 121 Å². The number of aliphatic hydroxyl groups excluding tert-OH is 1. The maximum absolute atomic E-state index is 11.2. The summed E-state index contributed by atoms with van der Waals surface area (Å²) in [4.78, 5) is 11.2. The van der Waals surface area contributed by atoms with Crippen LogP contribution in [-0.2, 0) is 17.8 Å². The lowest BCUT2D eigenvalue weighted by atomic mass is 9.88. The molecule has 1 aromatic heterocycles. The Morgan fingerprint density at radius 2 is 1.59 bits per heavy atom. The number of aromatic nitrogens is 2. The first-order chi connectivity index (χ1) is 16.6. The Morgan fingerprint density at radius 1 is 0.971 bits per heavy atom. The summed E-state index contributed by atoms with van der Waals surface area (Å²) in [5, 5.41) is 14.4. The van der Waals surface area contributed by atoms with Crippen molar-refractivity contribution in [3.8, 4) is 5.69 Å². The van der Waals surface area contributed by atoms with Crippen LogP contribution in [0.25, 0.3) is 5.69 Å². The SMILES string of the molecule is CC.CC.CCCCc1cccc(C)c1-n1ncc(C2CC2)c1CO.O=C1[C@@H]2CCC[C@H]1CC2. The van der Waals surface area contributed by atoms with E-state index in [1.165, 1.54) is 80.2 Å². The number of rotatable bonds is 6. The van der Waals surface area contributed by atoms with Crippen LogP contribution in [0, 0.1) is 18.8 Å². The summed E-state index contributed by atoms with van der Waals surface area (Å²) in [7, 11) is 0. The van der Waals surface area contributed by atoms with Crippen molar-refractivity contribution in [3.63, 3.8) is 0 Å². The van der Waals surface area contributed by atoms with Gasteiger partial charge in [-0.05, 0) is 80.9 Å². The predicted molar refractivity (Wildman–Crippen MR) is 143 cm³/mol. The van der Waals surface area contributed by atoms with Gasteiger partial charge >= 0.3 is 0 Å². The van der Waals surface area contributed by atoms with Gasteiger partial charge in [0, 0.05) is 11.8 Å². The molecule has 3 aliphatic carbocycles. The number of ketones is 1. The van der Waals surface area contributed by atoms with Crippen LogP contribution in [0.15, 0.2) is 24.4 Å². The van der Waals surface area contributed by atoms with Crippen LogP contribution in [0.4, 0.5) is 0 Å². The number of unbranched alkanes of at least 4 members (excludes halogenated alkanes) is 1. The molecule has 4 heteroatoms. The lowest BCUT2D eigenvalue weighted by molar-refractivity contribution is -0.125. The number of carbonyl (C=O) groups excluding carboxylic acids is 1. The van der Waals surface area contributed by atoms with E-state index in [2.05, 4.69) is 37.1 Å². The molecule has 1 N–H and O–H groups in total. The number of hydrogen-bond acceptors (Lipinski definition) is 3. The van der Waals surface area contributed by atoms with E-state index in [4.69, 9.17) is 0 Å². The van der Waals surface area contributed by atoms with E-state index in [-0.39, 0.29) is 6.61 Å². The minimum absolute atomic E-state index is 0.0629. The first kappa shape index (κ1) is 28.3. The number of aryl methyl sites for hydroxylation is 2. The molecule has 2 aromatic rings. The topological polar surface area (TPSA) is 55.1 Å². The fourth-order valence-corrected chi connectivity index (χ4v) is 5.27. The fourth-order valence-electron chi connectivity index (χ4n) is 5.27. The van der Waals surface area contributed by atoms with Gasteiger partial charge in [0.05, 0.1) is 24.2 Å². The molecule has 0 unspecified atom stereocenters. The molecule has 0 amide bonds. The van der Waals surface area contributed by atoms with Crippen molar-refractivity contribution >= 4 is 5.78 Å². The number of fused-ring (bicyclic) bond motifs is 2. The second-order valence-electron chi connectivity index (χ2n) is 9.38. The average Bonchev–Trinajstić information content (AvgIpc) is 3.61. The number of benzene rings is 1. The largest absolute Gasteiger partial charge is 0.390 e. The molecule has 0 aliphatic heterocycles. The summed E-state index contributed by atoms with van der Waals surface area (Å²) in [6.07, 6.45) is 13.9. The Kier molecular flexibility index (Phi) is 12.0. The quantitative estimate of drug-likeness (QED) is 0.472. The molecule has 34 heavy (non-hydrogen) atoms. The molecule has 5 rings (SSSR count). The van der Waals surface area contributed by atoms with Gasteiger partial charge in [0.15, 0.2) is 0 Å². The van der Waals surface area contributed by atoms with E-state index in [1.54, 1.807) is 0 Å². The molecule has 0 saturated heterocycles. The highest BCUT2D eigenvalue weighted by Crippen LogP contribution is 2.42. The second kappa shape index (κ2) is 14.5. The minimum atomic E-state index is 0.0629. The molecule has 1 aromatic carbocycles. The van der Waals surface area contributed by atoms with E-state index in [0.717, 1.165) is 12.1 Å². The highest BCUT2D eigenvalue weighted by Gasteiger charge is 2.36. The summed E-state index contributed by atoms with van der Waals surface area (Å²) >= 11 is 0. The van der Waals surface area contributed by atoms with Crippen molar-refractivity contribution in [2.24, 2.45) is 11.8 Å². The summed E-state index contributed by atoms with van der Waals surface area (Å²) in [6.45, 7) is 12.4. The Hall–Kier alpha value is -1.94. The highest BCUT2D eigenvalue weighted by atomic mass is 16.3. The molecule has 2 bridgehead atoms. The molecule has 0 spiro atoms. The molecular weight excluding hydrogens is 420 g/mol. The van der Waals surface area contributed by atoms with Crippen LogP contribution >= 0.6 is 0 Å². The molecule has 3 aliphatic rings. The zero-order chi connectivity index (χ0) is 25.1. The predicted octanol–water partition coefficient (Wildman–Crippen LogP) is 7.71. The molecule has 190 valence electrons. The standard InChI is InChI=1S/C18H24N2O.C8H12O.2C2H6/c1-3-4-7-15-8-5-6-13(2)18(15)20-17(12-21)16(11-19-20)14-9-10-14;9-8-6-2-1-3-7(8)5-4-6;2*1-2/h5-6,8,11,14,21H,3-4,7,9-10,12H2,1-2H3;6-7H,1-5H2;2*1-2H3/t;6-,7+;;. The molecular formula is C30H48N2O2. The Morgan fingerprint density at radius 3 is 2.12 bits per heavy atom. The van der Waals surface area contributed by atoms with Gasteiger partial charge in [0.2, 0.25) is 0 Å². The third-order valence-electron chi connectivity index (χ3n) is 7.17. The summed E-state index contributed by atoms with van der Waals surface area (Å²) < 4.78 is 1.98. The average molecular weight is 469 g/mol. The van der Waals surface area contributed by atoms with Crippen molar-refractivity contribution in [1.29, 1.82) is 0 Å².